The Morgan fingerprint density at radius 2 is 2.11 bits per heavy atom. The largest absolute Gasteiger partial charge is 0.497 e. The summed E-state index contributed by atoms with van der Waals surface area (Å²) in [6.45, 7) is 3.19. The predicted octanol–water partition coefficient (Wildman–Crippen LogP) is 3.87. The van der Waals surface area contributed by atoms with E-state index in [1.54, 1.807) is 43.7 Å². The van der Waals surface area contributed by atoms with E-state index in [1.807, 2.05) is 6.07 Å². The number of nitrogens with zero attached hydrogens (tertiary/aromatic N) is 1. The summed E-state index contributed by atoms with van der Waals surface area (Å²) in [6.07, 6.45) is -1.06. The highest BCUT2D eigenvalue weighted by molar-refractivity contribution is 7.14. The van der Waals surface area contributed by atoms with Crippen molar-refractivity contribution in [2.24, 2.45) is 0 Å². The van der Waals surface area contributed by atoms with Crippen molar-refractivity contribution in [3.8, 4) is 11.8 Å². The van der Waals surface area contributed by atoms with Crippen molar-refractivity contribution in [3.05, 3.63) is 46.5 Å². The Bertz CT molecular complexity index is 1060. The highest BCUT2D eigenvalue weighted by atomic mass is 32.1. The van der Waals surface area contributed by atoms with E-state index in [0.717, 1.165) is 5.39 Å². The Kier molecular flexibility index (Phi) is 5.14. The molecular weight excluding hydrogens is 368 g/mol. The summed E-state index contributed by atoms with van der Waals surface area (Å²) in [7, 11) is 1.55. The Labute approximate surface area is 159 Å². The molecule has 8 heteroatoms. The number of esters is 1. The third kappa shape index (κ3) is 3.64. The number of rotatable bonds is 5. The van der Waals surface area contributed by atoms with Gasteiger partial charge in [0.1, 0.15) is 22.4 Å². The van der Waals surface area contributed by atoms with Crippen LogP contribution in [0.25, 0.3) is 11.0 Å². The monoisotopic (exact) mass is 384 g/mol. The zero-order valence-corrected chi connectivity index (χ0v) is 15.7. The van der Waals surface area contributed by atoms with Gasteiger partial charge in [-0.05, 0) is 43.5 Å². The van der Waals surface area contributed by atoms with Crippen LogP contribution in [0.3, 0.4) is 0 Å². The molecule has 1 amide bonds. The van der Waals surface area contributed by atoms with Gasteiger partial charge in [-0.25, -0.2) is 4.79 Å². The number of carbonyl (C=O) groups excluding carboxylic acids is 2. The maximum Gasteiger partial charge on any atom is 0.375 e. The Morgan fingerprint density at radius 3 is 2.81 bits per heavy atom. The molecule has 1 aromatic carbocycles. The van der Waals surface area contributed by atoms with Crippen LogP contribution in [0.2, 0.25) is 0 Å². The van der Waals surface area contributed by atoms with Crippen molar-refractivity contribution in [1.29, 1.82) is 5.26 Å². The van der Waals surface area contributed by atoms with E-state index < -0.39 is 18.0 Å². The minimum absolute atomic E-state index is 0.0340. The Morgan fingerprint density at radius 1 is 1.33 bits per heavy atom. The molecule has 0 fully saturated rings. The summed E-state index contributed by atoms with van der Waals surface area (Å²) < 4.78 is 16.0. The van der Waals surface area contributed by atoms with Crippen LogP contribution in [0.5, 0.6) is 5.75 Å². The van der Waals surface area contributed by atoms with Crippen molar-refractivity contribution in [3.63, 3.8) is 0 Å². The summed E-state index contributed by atoms with van der Waals surface area (Å²) in [6, 6.07) is 8.78. The van der Waals surface area contributed by atoms with Crippen molar-refractivity contribution >= 4 is 39.2 Å². The molecule has 0 aliphatic carbocycles. The molecule has 7 nitrogen and oxygen atoms in total. The first-order valence-electron chi connectivity index (χ1n) is 8.01. The van der Waals surface area contributed by atoms with Crippen LogP contribution in [0, 0.1) is 18.3 Å². The first-order valence-corrected chi connectivity index (χ1v) is 8.89. The molecule has 0 aliphatic heterocycles. The van der Waals surface area contributed by atoms with Crippen molar-refractivity contribution < 1.29 is 23.5 Å². The van der Waals surface area contributed by atoms with Crippen LogP contribution < -0.4 is 10.1 Å². The maximum atomic E-state index is 12.5. The molecule has 0 unspecified atom stereocenters. The minimum Gasteiger partial charge on any atom is -0.497 e. The van der Waals surface area contributed by atoms with Gasteiger partial charge in [-0.3, -0.25) is 4.79 Å². The van der Waals surface area contributed by atoms with E-state index >= 15 is 0 Å². The number of methoxy groups -OCH3 is 1. The first-order chi connectivity index (χ1) is 12.9. The van der Waals surface area contributed by atoms with Crippen LogP contribution in [0.1, 0.15) is 28.6 Å². The maximum absolute atomic E-state index is 12.5. The molecule has 0 saturated heterocycles. The summed E-state index contributed by atoms with van der Waals surface area (Å²) in [5.41, 5.74) is 1.48. The van der Waals surface area contributed by atoms with E-state index in [2.05, 4.69) is 5.32 Å². The number of thiophene rings is 1. The second-order valence-corrected chi connectivity index (χ2v) is 6.65. The van der Waals surface area contributed by atoms with Crippen molar-refractivity contribution in [1.82, 2.24) is 0 Å². The molecule has 138 valence electrons. The number of hydrogen-bond acceptors (Lipinski definition) is 7. The van der Waals surface area contributed by atoms with Crippen LogP contribution in [0.15, 0.2) is 34.1 Å². The lowest BCUT2D eigenvalue weighted by atomic mass is 10.1. The molecule has 0 bridgehead atoms. The molecule has 0 aliphatic rings. The standard InChI is InChI=1S/C19H16N2O5S/c1-10-14-8-13(24-3)4-5-15(14)26-16(10)19(23)25-11(2)17(22)21-18-12(9-20)6-7-27-18/h4-8,11H,1-3H3,(H,21,22)/t11-/m1/s1. The number of aryl methyl sites for hydroxylation is 1. The quantitative estimate of drug-likeness (QED) is 0.670. The van der Waals surface area contributed by atoms with E-state index in [1.165, 1.54) is 18.3 Å². The normalized spacial score (nSPS) is 11.6. The molecule has 27 heavy (non-hydrogen) atoms. The number of carbonyl (C=O) groups is 2. The molecule has 3 rings (SSSR count). The SMILES string of the molecule is COc1ccc2oc(C(=O)O[C@H](C)C(=O)Nc3sccc3C#N)c(C)c2c1. The molecule has 1 N–H and O–H groups in total. The molecule has 1 atom stereocenters. The number of nitrogens with one attached hydrogen (secondary N) is 1. The molecule has 0 saturated carbocycles. The first kappa shape index (κ1) is 18.5. The van der Waals surface area contributed by atoms with Crippen LogP contribution in [-0.2, 0) is 9.53 Å². The molecule has 2 heterocycles. The van der Waals surface area contributed by atoms with Gasteiger partial charge in [-0.2, -0.15) is 5.26 Å². The molecular formula is C19H16N2O5S. The zero-order valence-electron chi connectivity index (χ0n) is 14.9. The number of hydrogen-bond donors (Lipinski definition) is 1. The topological polar surface area (TPSA) is 102 Å². The number of nitriles is 1. The average Bonchev–Trinajstić information content (AvgIpc) is 3.25. The summed E-state index contributed by atoms with van der Waals surface area (Å²) in [5, 5.41) is 14.4. The van der Waals surface area contributed by atoms with Gasteiger partial charge in [-0.15, -0.1) is 11.3 Å². The lowest BCUT2D eigenvalue weighted by Crippen LogP contribution is -2.30. The van der Waals surface area contributed by atoms with Gasteiger partial charge < -0.3 is 19.2 Å². The van der Waals surface area contributed by atoms with Gasteiger partial charge in [0.2, 0.25) is 5.76 Å². The van der Waals surface area contributed by atoms with E-state index in [4.69, 9.17) is 19.2 Å². The van der Waals surface area contributed by atoms with E-state index in [-0.39, 0.29) is 5.76 Å². The van der Waals surface area contributed by atoms with Crippen LogP contribution in [-0.4, -0.2) is 25.1 Å². The fourth-order valence-corrected chi connectivity index (χ4v) is 3.24. The second-order valence-electron chi connectivity index (χ2n) is 5.73. The highest BCUT2D eigenvalue weighted by Crippen LogP contribution is 2.29. The van der Waals surface area contributed by atoms with E-state index in [9.17, 15) is 9.59 Å². The number of amides is 1. The predicted molar refractivity (Wildman–Crippen MR) is 100 cm³/mol. The minimum atomic E-state index is -1.06. The molecule has 3 aromatic rings. The smallest absolute Gasteiger partial charge is 0.375 e. The third-order valence-corrected chi connectivity index (χ3v) is 4.83. The van der Waals surface area contributed by atoms with Crippen LogP contribution in [0.4, 0.5) is 5.00 Å². The zero-order chi connectivity index (χ0) is 19.6. The van der Waals surface area contributed by atoms with Gasteiger partial charge in [0.05, 0.1) is 12.7 Å². The number of fused-ring (bicyclic) bond motifs is 1. The lowest BCUT2D eigenvalue weighted by molar-refractivity contribution is -0.123. The van der Waals surface area contributed by atoms with Gasteiger partial charge in [0, 0.05) is 10.9 Å². The summed E-state index contributed by atoms with van der Waals surface area (Å²) >= 11 is 1.22. The van der Waals surface area contributed by atoms with E-state index in [0.29, 0.717) is 27.5 Å². The third-order valence-electron chi connectivity index (χ3n) is 4.00. The van der Waals surface area contributed by atoms with Crippen LogP contribution >= 0.6 is 11.3 Å². The van der Waals surface area contributed by atoms with Crippen molar-refractivity contribution in [2.75, 3.05) is 12.4 Å². The number of ether oxygens (including phenoxy) is 2. The Balaban J connectivity index is 1.74. The lowest BCUT2D eigenvalue weighted by Gasteiger charge is -2.12. The summed E-state index contributed by atoms with van der Waals surface area (Å²) in [4.78, 5) is 24.7. The fraction of sp³-hybridized carbons (Fsp3) is 0.211. The highest BCUT2D eigenvalue weighted by Gasteiger charge is 2.25. The van der Waals surface area contributed by atoms with Crippen molar-refractivity contribution in [2.45, 2.75) is 20.0 Å². The molecule has 0 radical (unpaired) electrons. The molecule has 2 aromatic heterocycles. The fourth-order valence-electron chi connectivity index (χ4n) is 2.50. The number of anilines is 1. The average molecular weight is 384 g/mol. The van der Waals surface area contributed by atoms with Gasteiger partial charge in [0.25, 0.3) is 5.91 Å². The number of benzene rings is 1. The van der Waals surface area contributed by atoms with Gasteiger partial charge in [0.15, 0.2) is 6.10 Å². The Hall–Kier alpha value is -3.31. The molecule has 0 spiro atoms. The summed E-state index contributed by atoms with van der Waals surface area (Å²) in [5.74, 6) is -0.593. The van der Waals surface area contributed by atoms with Gasteiger partial charge >= 0.3 is 5.97 Å². The second kappa shape index (κ2) is 7.51. The van der Waals surface area contributed by atoms with Gasteiger partial charge in [-0.1, -0.05) is 0 Å². The number of furan rings is 1.